The second-order valence-corrected chi connectivity index (χ2v) is 16.7. The molecule has 0 aromatic carbocycles. The molecule has 12 aromatic heterocycles. The highest BCUT2D eigenvalue weighted by Gasteiger charge is 2.15. The van der Waals surface area contributed by atoms with Crippen LogP contribution >= 0.6 is 0 Å². The molecule has 18 N–H and O–H groups in total. The second kappa shape index (κ2) is 52.1. The number of hydrogen-bond donors (Lipinski definition) is 12. The molecule has 0 aliphatic rings. The van der Waals surface area contributed by atoms with Crippen molar-refractivity contribution in [2.75, 3.05) is 106 Å². The first-order valence-corrected chi connectivity index (χ1v) is 33.3. The molecule has 0 saturated carbocycles. The average molecular weight is 1410 g/mol. The summed E-state index contributed by atoms with van der Waals surface area (Å²) < 4.78 is 8.63. The Labute approximate surface area is 594 Å². The van der Waals surface area contributed by atoms with E-state index in [9.17, 15) is 0 Å². The number of nitrogens with zero attached hydrogens (tertiary/aromatic N) is 30. The van der Waals surface area contributed by atoms with Gasteiger partial charge in [-0.3, -0.25) is 0 Å². The first kappa shape index (κ1) is 86.9. The molecular weight excluding hydrogens is 1310 g/mol. The van der Waals surface area contributed by atoms with Gasteiger partial charge in [-0.05, 0) is 65.8 Å². The molecule has 0 bridgehead atoms. The van der Waals surface area contributed by atoms with Crippen LogP contribution in [0.5, 0.6) is 0 Å². The van der Waals surface area contributed by atoms with Gasteiger partial charge in [-0.2, -0.15) is 58.0 Å². The maximum atomic E-state index is 5.69. The van der Waals surface area contributed by atoms with Crippen molar-refractivity contribution in [1.82, 2.24) is 148 Å². The summed E-state index contributed by atoms with van der Waals surface area (Å²) >= 11 is 0. The Morgan fingerprint density at radius 2 is 0.510 bits per heavy atom. The minimum Gasteiger partial charge on any atom is -0.368 e. The molecule has 0 unspecified atom stereocenters. The standard InChI is InChI=1S/6C8H11N7.6C2H6/c2*1-2-11-8-13-7(9)15(14-8)6-3-4-10-5-12-6;2*1-2-10-8-13-6(9)14-15(8)7-11-4-3-5-12-7;2*1-2-10-7-13-6(9)15(14-7)8-11-4-3-5-12-8;6*1-2/h2*3-5H,2H2,1H3,(H3,9,11,13,14);4*3-5H,2H2,1H3,(H3,9,10,13,14);6*1-2H3. The topological polar surface area (TPSA) is 567 Å². The third kappa shape index (κ3) is 28.9. The molecule has 42 nitrogen and oxygen atoms in total. The lowest BCUT2D eigenvalue weighted by atomic mass is 10.6. The van der Waals surface area contributed by atoms with Gasteiger partial charge in [0.05, 0.1) is 0 Å². The lowest BCUT2D eigenvalue weighted by Crippen LogP contribution is -2.09. The van der Waals surface area contributed by atoms with Gasteiger partial charge in [-0.25, -0.2) is 59.8 Å². The third-order valence-electron chi connectivity index (χ3n) is 10.3. The van der Waals surface area contributed by atoms with Gasteiger partial charge >= 0.3 is 0 Å². The van der Waals surface area contributed by atoms with Crippen molar-refractivity contribution in [2.24, 2.45) is 0 Å². The van der Waals surface area contributed by atoms with E-state index in [-0.39, 0.29) is 23.8 Å². The van der Waals surface area contributed by atoms with Gasteiger partial charge in [0.1, 0.15) is 12.7 Å². The monoisotopic (exact) mass is 1410 g/mol. The lowest BCUT2D eigenvalue weighted by Gasteiger charge is -2.02. The fourth-order valence-electron chi connectivity index (χ4n) is 6.76. The van der Waals surface area contributed by atoms with Crippen LogP contribution in [0, 0.1) is 0 Å². The van der Waals surface area contributed by atoms with E-state index in [4.69, 9.17) is 34.4 Å². The molecule has 42 heteroatoms. The second-order valence-electron chi connectivity index (χ2n) is 16.7. The summed E-state index contributed by atoms with van der Waals surface area (Å²) in [7, 11) is 0. The van der Waals surface area contributed by atoms with Crippen LogP contribution < -0.4 is 66.3 Å². The minimum atomic E-state index is 0.193. The van der Waals surface area contributed by atoms with Crippen molar-refractivity contribution in [1.29, 1.82) is 0 Å². The van der Waals surface area contributed by atoms with Gasteiger partial charge in [-0.1, -0.05) is 83.1 Å². The van der Waals surface area contributed by atoms with Crippen LogP contribution in [0.15, 0.2) is 111 Å². The van der Waals surface area contributed by atoms with Crippen LogP contribution in [0.3, 0.4) is 0 Å². The molecule has 12 heterocycles. The summed E-state index contributed by atoms with van der Waals surface area (Å²) in [5, 5.41) is 42.4. The number of nitrogens with two attached hydrogens (primary N) is 6. The summed E-state index contributed by atoms with van der Waals surface area (Å²) in [5.41, 5.74) is 33.7. The van der Waals surface area contributed by atoms with Gasteiger partial charge < -0.3 is 66.3 Å². The van der Waals surface area contributed by atoms with Gasteiger partial charge in [0, 0.05) is 113 Å². The lowest BCUT2D eigenvalue weighted by molar-refractivity contribution is 0.811. The highest BCUT2D eigenvalue weighted by molar-refractivity contribution is 5.41. The first-order chi connectivity index (χ1) is 49.9. The molecule has 0 fully saturated rings. The van der Waals surface area contributed by atoms with Gasteiger partial charge in [0.15, 0.2) is 11.6 Å². The molecular formula is C60H102N42. The molecule has 102 heavy (non-hydrogen) atoms. The molecule has 0 spiro atoms. The van der Waals surface area contributed by atoms with Gasteiger partial charge in [0.25, 0.3) is 23.8 Å². The summed E-state index contributed by atoms with van der Waals surface area (Å²) in [5.74, 6) is 7.42. The number of rotatable bonds is 18. The summed E-state index contributed by atoms with van der Waals surface area (Å²) in [6.07, 6.45) is 19.1. The normalized spacial score (nSPS) is 9.35. The van der Waals surface area contributed by atoms with Crippen LogP contribution in [0.25, 0.3) is 35.4 Å². The zero-order valence-corrected chi connectivity index (χ0v) is 61.5. The fraction of sp³-hybridized carbons (Fsp3) is 0.400. The molecule has 552 valence electrons. The van der Waals surface area contributed by atoms with Crippen molar-refractivity contribution >= 4 is 71.4 Å². The number of nitrogen functional groups attached to an aromatic ring is 6. The maximum absolute atomic E-state index is 5.69. The molecule has 0 atom stereocenters. The van der Waals surface area contributed by atoms with Crippen molar-refractivity contribution in [2.45, 2.75) is 125 Å². The third-order valence-corrected chi connectivity index (χ3v) is 10.3. The van der Waals surface area contributed by atoms with Crippen LogP contribution in [0.2, 0.25) is 0 Å². The van der Waals surface area contributed by atoms with Crippen molar-refractivity contribution in [3.05, 3.63) is 111 Å². The smallest absolute Gasteiger partial charge is 0.253 e. The van der Waals surface area contributed by atoms with E-state index >= 15 is 0 Å². The Hall–Kier alpha value is -13.1. The highest BCUT2D eigenvalue weighted by atomic mass is 15.5. The maximum Gasteiger partial charge on any atom is 0.253 e. The highest BCUT2D eigenvalue weighted by Crippen LogP contribution is 2.15. The number of hydrogen-bond acceptors (Lipinski definition) is 36. The number of anilines is 12. The predicted molar refractivity (Wildman–Crippen MR) is 401 cm³/mol. The molecule has 0 amide bonds. The number of nitrogens with one attached hydrogen (secondary N) is 6. The molecule has 0 aliphatic carbocycles. The van der Waals surface area contributed by atoms with Crippen molar-refractivity contribution < 1.29 is 0 Å². The molecule has 0 saturated heterocycles. The SMILES string of the molecule is CC.CC.CC.CC.CC.CC.CCNc1nc(N)n(-c2ccncn2)n1.CCNc1nc(N)n(-c2ccncn2)n1.CCNc1nc(N)n(-c2ncccn2)n1.CCNc1nc(N)n(-c2ncccn2)n1.CCNc1nc(N)nn1-c1ncccn1.CCNc1nc(N)nn1-c1ncccn1. The van der Waals surface area contributed by atoms with E-state index in [0.29, 0.717) is 83.0 Å². The Morgan fingerprint density at radius 1 is 0.275 bits per heavy atom. The Bertz CT molecular complexity index is 3520. The van der Waals surface area contributed by atoms with Crippen LogP contribution in [0.1, 0.15) is 125 Å². The van der Waals surface area contributed by atoms with E-state index in [2.05, 4.69) is 152 Å². The van der Waals surface area contributed by atoms with Crippen LogP contribution in [-0.4, -0.2) is 188 Å². The molecule has 0 radical (unpaired) electrons. The Kier molecular flexibility index (Phi) is 44.4. The quantitative estimate of drug-likeness (QED) is 0.0431. The van der Waals surface area contributed by atoms with Crippen molar-refractivity contribution in [3.8, 4) is 35.4 Å². The van der Waals surface area contributed by atoms with E-state index in [0.717, 1.165) is 39.3 Å². The zero-order valence-electron chi connectivity index (χ0n) is 61.5. The average Bonchev–Trinajstić information content (AvgIpc) is 1.73. The van der Waals surface area contributed by atoms with E-state index < -0.39 is 0 Å². The zero-order chi connectivity index (χ0) is 76.0. The Morgan fingerprint density at radius 3 is 0.745 bits per heavy atom. The summed E-state index contributed by atoms with van der Waals surface area (Å²) in [6, 6.07) is 10.3. The Balaban J connectivity index is 0.000000593. The molecule has 12 rings (SSSR count). The fourth-order valence-corrected chi connectivity index (χ4v) is 6.76. The number of aromatic nitrogens is 30. The van der Waals surface area contributed by atoms with Gasteiger partial charge in [-0.15, -0.1) is 30.6 Å². The van der Waals surface area contributed by atoms with Crippen molar-refractivity contribution in [3.63, 3.8) is 0 Å². The van der Waals surface area contributed by atoms with Crippen LogP contribution in [-0.2, 0) is 0 Å². The first-order valence-electron chi connectivity index (χ1n) is 33.3. The summed E-state index contributed by atoms with van der Waals surface area (Å²) in [6.45, 7) is 40.2. The van der Waals surface area contributed by atoms with E-state index in [1.54, 1.807) is 98.4 Å². The van der Waals surface area contributed by atoms with E-state index in [1.807, 2.05) is 125 Å². The summed E-state index contributed by atoms with van der Waals surface area (Å²) in [4.78, 5) is 72.1. The molecule has 12 aromatic rings. The predicted octanol–water partition coefficient (Wildman–Crippen LogP) is 6.59. The largest absolute Gasteiger partial charge is 0.368 e. The molecule has 0 aliphatic heterocycles. The van der Waals surface area contributed by atoms with Crippen LogP contribution in [0.4, 0.5) is 71.4 Å². The van der Waals surface area contributed by atoms with E-state index in [1.165, 1.54) is 40.7 Å². The minimum absolute atomic E-state index is 0.193. The van der Waals surface area contributed by atoms with Gasteiger partial charge in [0.2, 0.25) is 71.4 Å².